The van der Waals surface area contributed by atoms with Crippen molar-refractivity contribution in [2.75, 3.05) is 6.61 Å². The van der Waals surface area contributed by atoms with Crippen LogP contribution >= 0.6 is 0 Å². The molecule has 0 saturated heterocycles. The number of ketones is 1. The number of fused-ring (bicyclic) bond motifs is 1. The molecule has 0 spiro atoms. The van der Waals surface area contributed by atoms with E-state index >= 15 is 0 Å². The minimum atomic E-state index is 0.0659. The van der Waals surface area contributed by atoms with Crippen LogP contribution in [0.4, 0.5) is 0 Å². The Morgan fingerprint density at radius 1 is 1.59 bits per heavy atom. The number of allylic oxidation sites excluding steroid dienone is 2. The minimum Gasteiger partial charge on any atom is -0.394 e. The fraction of sp³-hybridized carbons (Fsp3) is 0.786. The molecule has 2 fully saturated rings. The topological polar surface area (TPSA) is 49.3 Å². The zero-order valence-corrected chi connectivity index (χ0v) is 11.2. The average Bonchev–Trinajstić information content (AvgIpc) is 2.64. The van der Waals surface area contributed by atoms with Crippen molar-refractivity contribution in [2.24, 2.45) is 17.3 Å². The van der Waals surface area contributed by atoms with E-state index in [1.165, 1.54) is 0 Å². The fourth-order valence-electron chi connectivity index (χ4n) is 3.28. The Morgan fingerprint density at radius 2 is 2.24 bits per heavy atom. The van der Waals surface area contributed by atoms with Crippen LogP contribution in [-0.2, 0) is 4.79 Å². The third-order valence-corrected chi connectivity index (χ3v) is 4.61. The quantitative estimate of drug-likeness (QED) is 0.734. The lowest BCUT2D eigenvalue weighted by atomic mass is 9.95. The van der Waals surface area contributed by atoms with Gasteiger partial charge in [0.15, 0.2) is 5.78 Å². The summed E-state index contributed by atoms with van der Waals surface area (Å²) in [6.45, 7) is 8.61. The van der Waals surface area contributed by atoms with Crippen molar-refractivity contribution in [3.63, 3.8) is 0 Å². The highest BCUT2D eigenvalue weighted by molar-refractivity contribution is 6.01. The van der Waals surface area contributed by atoms with Crippen molar-refractivity contribution in [3.8, 4) is 0 Å². The van der Waals surface area contributed by atoms with Gasteiger partial charge in [-0.05, 0) is 30.6 Å². The van der Waals surface area contributed by atoms with Crippen LogP contribution in [0.1, 0.15) is 40.5 Å². The van der Waals surface area contributed by atoms with Crippen LogP contribution < -0.4 is 5.32 Å². The van der Waals surface area contributed by atoms with Gasteiger partial charge in [0, 0.05) is 23.7 Å². The molecular weight excluding hydrogens is 214 g/mol. The summed E-state index contributed by atoms with van der Waals surface area (Å²) in [6, 6.07) is 0.0659. The van der Waals surface area contributed by atoms with Gasteiger partial charge in [0.2, 0.25) is 0 Å². The molecule has 0 aromatic rings. The van der Waals surface area contributed by atoms with Crippen LogP contribution in [0, 0.1) is 17.3 Å². The molecule has 0 aliphatic heterocycles. The number of aliphatic hydroxyl groups is 1. The SMILES string of the molecule is CC[C@@H](CO)N/C(C)=C1\C(=O)C[C@@H]2[C@H]1C2(C)C. The fourth-order valence-corrected chi connectivity index (χ4v) is 3.28. The maximum absolute atomic E-state index is 11.9. The van der Waals surface area contributed by atoms with Crippen molar-refractivity contribution >= 4 is 5.78 Å². The lowest BCUT2D eigenvalue weighted by molar-refractivity contribution is -0.115. The smallest absolute Gasteiger partial charge is 0.161 e. The number of Topliss-reactive ketones (excluding diaryl/α,β-unsaturated/α-hetero) is 1. The first-order chi connectivity index (χ1) is 7.93. The van der Waals surface area contributed by atoms with Crippen LogP contribution in [0.3, 0.4) is 0 Å². The Kier molecular flexibility index (Phi) is 3.06. The second-order valence-electron chi connectivity index (χ2n) is 6.00. The molecule has 0 radical (unpaired) electrons. The zero-order chi connectivity index (χ0) is 12.8. The van der Waals surface area contributed by atoms with Gasteiger partial charge >= 0.3 is 0 Å². The van der Waals surface area contributed by atoms with E-state index in [2.05, 4.69) is 19.2 Å². The van der Waals surface area contributed by atoms with Gasteiger partial charge in [0.1, 0.15) is 0 Å². The van der Waals surface area contributed by atoms with Crippen LogP contribution in [0.5, 0.6) is 0 Å². The third kappa shape index (κ3) is 1.90. The molecule has 0 aromatic heterocycles. The standard InChI is InChI=1S/C14H23NO2/c1-5-9(7-16)15-8(2)12-11(17)6-10-13(12)14(10,3)4/h9-10,13,15-16H,5-7H2,1-4H3/b12-8+/t9-,10+,13+/m0/s1. The molecule has 2 aliphatic rings. The van der Waals surface area contributed by atoms with E-state index in [1.54, 1.807) is 0 Å². The number of hydrogen-bond donors (Lipinski definition) is 2. The minimum absolute atomic E-state index is 0.0659. The molecule has 0 amide bonds. The van der Waals surface area contributed by atoms with E-state index < -0.39 is 0 Å². The van der Waals surface area contributed by atoms with E-state index in [9.17, 15) is 9.90 Å². The predicted octanol–water partition coefficient (Wildman–Crippen LogP) is 1.87. The second kappa shape index (κ2) is 4.13. The monoisotopic (exact) mass is 237 g/mol. The van der Waals surface area contributed by atoms with Crippen molar-refractivity contribution in [1.29, 1.82) is 0 Å². The number of aliphatic hydroxyl groups excluding tert-OH is 1. The third-order valence-electron chi connectivity index (χ3n) is 4.61. The van der Waals surface area contributed by atoms with E-state index in [1.807, 2.05) is 13.8 Å². The van der Waals surface area contributed by atoms with Gasteiger partial charge in [-0.25, -0.2) is 0 Å². The molecule has 2 N–H and O–H groups in total. The van der Waals surface area contributed by atoms with Crippen LogP contribution in [0.15, 0.2) is 11.3 Å². The second-order valence-corrected chi connectivity index (χ2v) is 6.00. The summed E-state index contributed by atoms with van der Waals surface area (Å²) in [5.41, 5.74) is 2.27. The van der Waals surface area contributed by atoms with E-state index in [0.717, 1.165) is 17.7 Å². The van der Waals surface area contributed by atoms with E-state index in [-0.39, 0.29) is 12.6 Å². The molecule has 0 aromatic carbocycles. The van der Waals surface area contributed by atoms with Gasteiger partial charge in [-0.2, -0.15) is 0 Å². The van der Waals surface area contributed by atoms with Crippen LogP contribution in [0.2, 0.25) is 0 Å². The molecule has 96 valence electrons. The molecule has 2 aliphatic carbocycles. The Labute approximate surface area is 103 Å². The summed E-state index contributed by atoms with van der Waals surface area (Å²) in [6.07, 6.45) is 1.58. The summed E-state index contributed by atoms with van der Waals surface area (Å²) in [5, 5.41) is 12.5. The maximum Gasteiger partial charge on any atom is 0.161 e. The highest BCUT2D eigenvalue weighted by Crippen LogP contribution is 2.68. The summed E-state index contributed by atoms with van der Waals surface area (Å²) in [7, 11) is 0. The molecule has 2 saturated carbocycles. The highest BCUT2D eigenvalue weighted by Gasteiger charge is 2.65. The van der Waals surface area contributed by atoms with Crippen molar-refractivity contribution < 1.29 is 9.90 Å². The predicted molar refractivity (Wildman–Crippen MR) is 67.4 cm³/mol. The molecule has 0 heterocycles. The van der Waals surface area contributed by atoms with Crippen molar-refractivity contribution in [1.82, 2.24) is 5.32 Å². The number of nitrogens with one attached hydrogen (secondary N) is 1. The highest BCUT2D eigenvalue weighted by atomic mass is 16.3. The van der Waals surface area contributed by atoms with Crippen LogP contribution in [0.25, 0.3) is 0 Å². The van der Waals surface area contributed by atoms with Crippen LogP contribution in [-0.4, -0.2) is 23.5 Å². The summed E-state index contributed by atoms with van der Waals surface area (Å²) < 4.78 is 0. The van der Waals surface area contributed by atoms with Gasteiger partial charge < -0.3 is 10.4 Å². The van der Waals surface area contributed by atoms with Gasteiger partial charge in [-0.1, -0.05) is 20.8 Å². The average molecular weight is 237 g/mol. The number of carbonyl (C=O) groups excluding carboxylic acids is 1. The first-order valence-electron chi connectivity index (χ1n) is 6.54. The normalized spacial score (nSPS) is 34.3. The van der Waals surface area contributed by atoms with Crippen molar-refractivity contribution in [2.45, 2.75) is 46.6 Å². The molecular formula is C14H23NO2. The number of carbonyl (C=O) groups is 1. The molecule has 0 unspecified atom stereocenters. The zero-order valence-electron chi connectivity index (χ0n) is 11.2. The van der Waals surface area contributed by atoms with Gasteiger partial charge in [-0.15, -0.1) is 0 Å². The van der Waals surface area contributed by atoms with Crippen molar-refractivity contribution in [3.05, 3.63) is 11.3 Å². The van der Waals surface area contributed by atoms with Gasteiger partial charge in [0.25, 0.3) is 0 Å². The van der Waals surface area contributed by atoms with Gasteiger partial charge in [0.05, 0.1) is 6.61 Å². The lowest BCUT2D eigenvalue weighted by Gasteiger charge is -2.19. The molecule has 2 rings (SSSR count). The molecule has 3 nitrogen and oxygen atoms in total. The lowest BCUT2D eigenvalue weighted by Crippen LogP contribution is -2.32. The molecule has 0 bridgehead atoms. The first-order valence-corrected chi connectivity index (χ1v) is 6.54. The summed E-state index contributed by atoms with van der Waals surface area (Å²) in [4.78, 5) is 11.9. The molecule has 3 heteroatoms. The maximum atomic E-state index is 11.9. The number of hydrogen-bond acceptors (Lipinski definition) is 3. The Hall–Kier alpha value is -0.830. The Morgan fingerprint density at radius 3 is 2.71 bits per heavy atom. The Balaban J connectivity index is 2.17. The van der Waals surface area contributed by atoms with Gasteiger partial charge in [-0.3, -0.25) is 4.79 Å². The Bertz CT molecular complexity index is 366. The van der Waals surface area contributed by atoms with E-state index in [0.29, 0.717) is 29.5 Å². The molecule has 3 atom stereocenters. The first kappa shape index (κ1) is 12.6. The van der Waals surface area contributed by atoms with E-state index in [4.69, 9.17) is 0 Å². The summed E-state index contributed by atoms with van der Waals surface area (Å²) in [5.74, 6) is 1.30. The molecule has 17 heavy (non-hydrogen) atoms. The summed E-state index contributed by atoms with van der Waals surface area (Å²) >= 11 is 0. The number of rotatable bonds is 4. The largest absolute Gasteiger partial charge is 0.394 e.